The summed E-state index contributed by atoms with van der Waals surface area (Å²) in [4.78, 5) is 0.290. The van der Waals surface area contributed by atoms with Crippen molar-refractivity contribution in [1.29, 1.82) is 0 Å². The number of rotatable bonds is 8. The van der Waals surface area contributed by atoms with Crippen LogP contribution in [0.1, 0.15) is 46.0 Å². The van der Waals surface area contributed by atoms with Gasteiger partial charge >= 0.3 is 0 Å². The first-order valence-electron chi connectivity index (χ1n) is 6.88. The van der Waals surface area contributed by atoms with Crippen molar-refractivity contribution in [2.24, 2.45) is 0 Å². The molecule has 0 aliphatic carbocycles. The zero-order chi connectivity index (χ0) is 15.2. The van der Waals surface area contributed by atoms with Crippen molar-refractivity contribution in [3.8, 4) is 0 Å². The van der Waals surface area contributed by atoms with Gasteiger partial charge in [0.1, 0.15) is 0 Å². The summed E-state index contributed by atoms with van der Waals surface area (Å²) in [5.41, 5.74) is 0. The molecule has 0 aromatic heterocycles. The van der Waals surface area contributed by atoms with Gasteiger partial charge in [0.05, 0.1) is 4.90 Å². The second-order valence-corrected chi connectivity index (χ2v) is 8.28. The van der Waals surface area contributed by atoms with E-state index in [0.29, 0.717) is 9.37 Å². The van der Waals surface area contributed by atoms with Crippen molar-refractivity contribution in [3.63, 3.8) is 0 Å². The average molecular weight is 427 g/mol. The highest BCUT2D eigenvalue weighted by Gasteiger charge is 2.21. The standard InChI is InChI=1S/C14H21Br2NO2S/c1-3-5-7-12(6-4-2)17-20(18,19)14-9-8-11(15)10-13(14)16/h8-10,12,17H,3-7H2,1-2H3. The molecule has 1 aromatic rings. The van der Waals surface area contributed by atoms with E-state index in [9.17, 15) is 8.42 Å². The molecule has 1 N–H and O–H groups in total. The van der Waals surface area contributed by atoms with Crippen LogP contribution in [0.15, 0.2) is 32.0 Å². The van der Waals surface area contributed by atoms with Gasteiger partial charge in [0.15, 0.2) is 0 Å². The zero-order valence-corrected chi connectivity index (χ0v) is 15.8. The maximum atomic E-state index is 12.5. The Bertz CT molecular complexity index is 532. The Kier molecular flexibility index (Phi) is 7.72. The minimum absolute atomic E-state index is 0.0143. The van der Waals surface area contributed by atoms with Crippen LogP contribution in [-0.4, -0.2) is 14.5 Å². The van der Waals surface area contributed by atoms with E-state index in [4.69, 9.17) is 0 Å². The lowest BCUT2D eigenvalue weighted by Gasteiger charge is -2.18. The van der Waals surface area contributed by atoms with E-state index >= 15 is 0 Å². The maximum absolute atomic E-state index is 12.5. The maximum Gasteiger partial charge on any atom is 0.241 e. The lowest BCUT2D eigenvalue weighted by molar-refractivity contribution is 0.483. The van der Waals surface area contributed by atoms with Crippen molar-refractivity contribution in [1.82, 2.24) is 4.72 Å². The summed E-state index contributed by atoms with van der Waals surface area (Å²) in [5.74, 6) is 0. The third-order valence-electron chi connectivity index (χ3n) is 3.05. The quantitative estimate of drug-likeness (QED) is 0.645. The number of hydrogen-bond acceptors (Lipinski definition) is 2. The van der Waals surface area contributed by atoms with Gasteiger partial charge in [0.2, 0.25) is 10.0 Å². The summed E-state index contributed by atoms with van der Waals surface area (Å²) in [5, 5.41) is 0. The van der Waals surface area contributed by atoms with Gasteiger partial charge in [-0.1, -0.05) is 49.0 Å². The smallest absolute Gasteiger partial charge is 0.208 e. The van der Waals surface area contributed by atoms with Crippen LogP contribution < -0.4 is 4.72 Å². The molecule has 0 aliphatic rings. The highest BCUT2D eigenvalue weighted by Crippen LogP contribution is 2.26. The first kappa shape index (κ1) is 18.1. The Morgan fingerprint density at radius 2 is 1.85 bits per heavy atom. The molecule has 0 bridgehead atoms. The first-order chi connectivity index (χ1) is 9.40. The SMILES string of the molecule is CCCCC(CCC)NS(=O)(=O)c1ccc(Br)cc1Br. The molecule has 6 heteroatoms. The number of hydrogen-bond donors (Lipinski definition) is 1. The highest BCUT2D eigenvalue weighted by molar-refractivity contribution is 9.11. The largest absolute Gasteiger partial charge is 0.241 e. The van der Waals surface area contributed by atoms with Crippen molar-refractivity contribution in [3.05, 3.63) is 27.1 Å². The monoisotopic (exact) mass is 425 g/mol. The fraction of sp³-hybridized carbons (Fsp3) is 0.571. The Balaban J connectivity index is 2.91. The van der Waals surface area contributed by atoms with E-state index in [-0.39, 0.29) is 6.04 Å². The van der Waals surface area contributed by atoms with Crippen LogP contribution in [0.5, 0.6) is 0 Å². The summed E-state index contributed by atoms with van der Waals surface area (Å²) in [7, 11) is -3.48. The molecular formula is C14H21Br2NO2S. The Morgan fingerprint density at radius 3 is 2.40 bits per heavy atom. The van der Waals surface area contributed by atoms with Gasteiger partial charge in [0.25, 0.3) is 0 Å². The minimum Gasteiger partial charge on any atom is -0.208 e. The molecule has 20 heavy (non-hydrogen) atoms. The molecule has 1 unspecified atom stereocenters. The van der Waals surface area contributed by atoms with Gasteiger partial charge in [-0.25, -0.2) is 13.1 Å². The number of nitrogens with one attached hydrogen (secondary N) is 1. The number of halogens is 2. The van der Waals surface area contributed by atoms with Crippen LogP contribution >= 0.6 is 31.9 Å². The third kappa shape index (κ3) is 5.47. The van der Waals surface area contributed by atoms with Gasteiger partial charge in [-0.3, -0.25) is 0 Å². The molecular weight excluding hydrogens is 406 g/mol. The normalized spacial score (nSPS) is 13.4. The van der Waals surface area contributed by atoms with Crippen LogP contribution in [-0.2, 0) is 10.0 Å². The number of unbranched alkanes of at least 4 members (excludes halogenated alkanes) is 1. The molecule has 0 saturated carbocycles. The number of benzene rings is 1. The van der Waals surface area contributed by atoms with Crippen molar-refractivity contribution < 1.29 is 8.42 Å². The molecule has 0 fully saturated rings. The van der Waals surface area contributed by atoms with E-state index in [1.807, 2.05) is 0 Å². The molecule has 0 saturated heterocycles. The van der Waals surface area contributed by atoms with Gasteiger partial charge in [0, 0.05) is 15.0 Å². The second kappa shape index (κ2) is 8.51. The van der Waals surface area contributed by atoms with Gasteiger partial charge in [-0.2, -0.15) is 0 Å². The molecule has 114 valence electrons. The molecule has 0 heterocycles. The zero-order valence-electron chi connectivity index (χ0n) is 11.8. The van der Waals surface area contributed by atoms with E-state index in [0.717, 1.165) is 36.6 Å². The molecule has 1 atom stereocenters. The van der Waals surface area contributed by atoms with E-state index in [2.05, 4.69) is 50.4 Å². The van der Waals surface area contributed by atoms with Crippen LogP contribution in [0.3, 0.4) is 0 Å². The third-order valence-corrected chi connectivity index (χ3v) is 6.04. The van der Waals surface area contributed by atoms with Crippen LogP contribution in [0.25, 0.3) is 0 Å². The molecule has 0 aliphatic heterocycles. The summed E-state index contributed by atoms with van der Waals surface area (Å²) >= 11 is 6.64. The number of sulfonamides is 1. The van der Waals surface area contributed by atoms with E-state index in [1.165, 1.54) is 0 Å². The van der Waals surface area contributed by atoms with Gasteiger partial charge in [-0.15, -0.1) is 0 Å². The minimum atomic E-state index is -3.48. The second-order valence-electron chi connectivity index (χ2n) is 4.82. The summed E-state index contributed by atoms with van der Waals surface area (Å²) < 4.78 is 29.2. The molecule has 0 radical (unpaired) electrons. The average Bonchev–Trinajstić information content (AvgIpc) is 2.35. The van der Waals surface area contributed by atoms with Crippen molar-refractivity contribution in [2.45, 2.75) is 56.9 Å². The Morgan fingerprint density at radius 1 is 1.15 bits per heavy atom. The Labute approximate surface area is 138 Å². The fourth-order valence-corrected chi connectivity index (χ4v) is 5.09. The lowest BCUT2D eigenvalue weighted by Crippen LogP contribution is -2.35. The molecule has 0 amide bonds. The highest BCUT2D eigenvalue weighted by atomic mass is 79.9. The topological polar surface area (TPSA) is 46.2 Å². The summed E-state index contributed by atoms with van der Waals surface area (Å²) in [6, 6.07) is 5.11. The summed E-state index contributed by atoms with van der Waals surface area (Å²) in [6.07, 6.45) is 4.84. The fourth-order valence-electron chi connectivity index (χ4n) is 2.04. The van der Waals surface area contributed by atoms with Crippen LogP contribution in [0, 0.1) is 0 Å². The predicted molar refractivity (Wildman–Crippen MR) is 90.4 cm³/mol. The Hall–Kier alpha value is 0.0900. The molecule has 1 rings (SSSR count). The lowest BCUT2D eigenvalue weighted by atomic mass is 10.1. The van der Waals surface area contributed by atoms with Gasteiger partial charge in [-0.05, 0) is 47.0 Å². The summed E-state index contributed by atoms with van der Waals surface area (Å²) in [6.45, 7) is 4.19. The van der Waals surface area contributed by atoms with Crippen LogP contribution in [0.4, 0.5) is 0 Å². The van der Waals surface area contributed by atoms with Crippen molar-refractivity contribution in [2.75, 3.05) is 0 Å². The van der Waals surface area contributed by atoms with E-state index in [1.54, 1.807) is 18.2 Å². The molecule has 1 aromatic carbocycles. The molecule has 3 nitrogen and oxygen atoms in total. The first-order valence-corrected chi connectivity index (χ1v) is 9.95. The van der Waals surface area contributed by atoms with Gasteiger partial charge < -0.3 is 0 Å². The van der Waals surface area contributed by atoms with Crippen molar-refractivity contribution >= 4 is 41.9 Å². The predicted octanol–water partition coefficient (Wildman–Crippen LogP) is 4.85. The van der Waals surface area contributed by atoms with Crippen LogP contribution in [0.2, 0.25) is 0 Å². The van der Waals surface area contributed by atoms with E-state index < -0.39 is 10.0 Å². The molecule has 0 spiro atoms.